The quantitative estimate of drug-likeness (QED) is 0.733. The highest BCUT2D eigenvalue weighted by atomic mass is 19.4. The molecule has 15 heavy (non-hydrogen) atoms. The third-order valence-electron chi connectivity index (χ3n) is 1.75. The molecule has 0 saturated heterocycles. The highest BCUT2D eigenvalue weighted by molar-refractivity contribution is 5.35. The number of benzene rings is 1. The Hall–Kier alpha value is -1.19. The lowest BCUT2D eigenvalue weighted by atomic mass is 10.1. The molecular weight excluding hydrogens is 205 g/mol. The van der Waals surface area contributed by atoms with Crippen molar-refractivity contribution < 1.29 is 17.9 Å². The van der Waals surface area contributed by atoms with E-state index in [2.05, 4.69) is 0 Å². The van der Waals surface area contributed by atoms with E-state index in [1.54, 1.807) is 26.8 Å². The van der Waals surface area contributed by atoms with E-state index >= 15 is 0 Å². The van der Waals surface area contributed by atoms with Crippen molar-refractivity contribution in [2.75, 3.05) is 0 Å². The fraction of sp³-hybridized carbons (Fsp3) is 0.455. The van der Waals surface area contributed by atoms with E-state index in [-0.39, 0.29) is 11.9 Å². The van der Waals surface area contributed by atoms with Gasteiger partial charge in [-0.1, -0.05) is 0 Å². The molecular formula is C11H13F3O. The van der Waals surface area contributed by atoms with E-state index < -0.39 is 11.7 Å². The fourth-order valence-corrected chi connectivity index (χ4v) is 1.25. The molecule has 0 fully saturated rings. The molecule has 0 aliphatic heterocycles. The number of ether oxygens (including phenoxy) is 1. The number of alkyl halides is 3. The molecule has 1 aromatic carbocycles. The summed E-state index contributed by atoms with van der Waals surface area (Å²) in [7, 11) is 0. The van der Waals surface area contributed by atoms with E-state index in [1.807, 2.05) is 0 Å². The monoisotopic (exact) mass is 218 g/mol. The van der Waals surface area contributed by atoms with Gasteiger partial charge in [0.2, 0.25) is 0 Å². The minimum absolute atomic E-state index is 0.132. The first kappa shape index (κ1) is 11.9. The molecule has 1 aromatic rings. The Balaban J connectivity index is 3.06. The lowest BCUT2D eigenvalue weighted by Crippen LogP contribution is -2.09. The molecule has 0 bridgehead atoms. The van der Waals surface area contributed by atoms with Crippen LogP contribution in [0.15, 0.2) is 18.2 Å². The molecule has 0 saturated carbocycles. The molecule has 0 aliphatic rings. The topological polar surface area (TPSA) is 9.23 Å². The van der Waals surface area contributed by atoms with Gasteiger partial charge in [-0.25, -0.2) is 0 Å². The van der Waals surface area contributed by atoms with Crippen molar-refractivity contribution in [1.82, 2.24) is 0 Å². The van der Waals surface area contributed by atoms with Gasteiger partial charge in [-0.3, -0.25) is 0 Å². The smallest absolute Gasteiger partial charge is 0.416 e. The van der Waals surface area contributed by atoms with Crippen LogP contribution in [0.1, 0.15) is 25.0 Å². The summed E-state index contributed by atoms with van der Waals surface area (Å²) < 4.78 is 42.5. The molecule has 84 valence electrons. The second kappa shape index (κ2) is 4.13. The van der Waals surface area contributed by atoms with Crippen LogP contribution in [0.4, 0.5) is 13.2 Å². The van der Waals surface area contributed by atoms with Crippen molar-refractivity contribution in [3.63, 3.8) is 0 Å². The summed E-state index contributed by atoms with van der Waals surface area (Å²) in [5.41, 5.74) is -0.126. The molecule has 0 spiro atoms. The molecule has 0 N–H and O–H groups in total. The van der Waals surface area contributed by atoms with E-state index in [0.717, 1.165) is 12.1 Å². The van der Waals surface area contributed by atoms with Crippen molar-refractivity contribution in [1.29, 1.82) is 0 Å². The highest BCUT2D eigenvalue weighted by Crippen LogP contribution is 2.32. The van der Waals surface area contributed by atoms with Gasteiger partial charge in [0.15, 0.2) is 0 Å². The minimum Gasteiger partial charge on any atom is -0.491 e. The summed E-state index contributed by atoms with van der Waals surface area (Å²) in [6, 6.07) is 3.72. The second-order valence-electron chi connectivity index (χ2n) is 3.70. The van der Waals surface area contributed by atoms with Crippen molar-refractivity contribution in [2.24, 2.45) is 0 Å². The van der Waals surface area contributed by atoms with E-state index in [9.17, 15) is 13.2 Å². The van der Waals surface area contributed by atoms with Gasteiger partial charge in [-0.2, -0.15) is 13.2 Å². The van der Waals surface area contributed by atoms with Gasteiger partial charge < -0.3 is 4.74 Å². The normalized spacial score (nSPS) is 11.9. The third-order valence-corrected chi connectivity index (χ3v) is 1.75. The predicted molar refractivity (Wildman–Crippen MR) is 51.9 cm³/mol. The molecule has 4 heteroatoms. The van der Waals surface area contributed by atoms with Crippen LogP contribution in [0.5, 0.6) is 5.75 Å². The Morgan fingerprint density at radius 3 is 2.20 bits per heavy atom. The van der Waals surface area contributed by atoms with Crippen LogP contribution >= 0.6 is 0 Å². The van der Waals surface area contributed by atoms with Gasteiger partial charge in [0.05, 0.1) is 11.7 Å². The number of rotatable bonds is 2. The first-order valence-electron chi connectivity index (χ1n) is 4.64. The van der Waals surface area contributed by atoms with Gasteiger partial charge in [0, 0.05) is 0 Å². The van der Waals surface area contributed by atoms with E-state index in [4.69, 9.17) is 4.74 Å². The maximum absolute atomic E-state index is 12.4. The summed E-state index contributed by atoms with van der Waals surface area (Å²) in [6.45, 7) is 5.16. The first-order chi connectivity index (χ1) is 6.79. The summed E-state index contributed by atoms with van der Waals surface area (Å²) in [4.78, 5) is 0. The standard InChI is InChI=1S/C11H13F3O/c1-7(2)15-10-5-8(3)4-9(6-10)11(12,13)14/h4-7H,1-3H3. The van der Waals surface area contributed by atoms with Crippen LogP contribution in [0.3, 0.4) is 0 Å². The zero-order chi connectivity index (χ0) is 11.6. The lowest BCUT2D eigenvalue weighted by molar-refractivity contribution is -0.137. The van der Waals surface area contributed by atoms with Gasteiger partial charge in [0.25, 0.3) is 0 Å². The Kier molecular flexibility index (Phi) is 3.27. The summed E-state index contributed by atoms with van der Waals surface area (Å²) in [5, 5.41) is 0. The van der Waals surface area contributed by atoms with Gasteiger partial charge in [-0.15, -0.1) is 0 Å². The van der Waals surface area contributed by atoms with Crippen LogP contribution in [0.25, 0.3) is 0 Å². The van der Waals surface area contributed by atoms with E-state index in [0.29, 0.717) is 5.56 Å². The maximum atomic E-state index is 12.4. The Morgan fingerprint density at radius 1 is 1.13 bits per heavy atom. The number of hydrogen-bond donors (Lipinski definition) is 0. The van der Waals surface area contributed by atoms with Gasteiger partial charge >= 0.3 is 6.18 Å². The van der Waals surface area contributed by atoms with Crippen LogP contribution in [-0.4, -0.2) is 6.10 Å². The summed E-state index contributed by atoms with van der Waals surface area (Å²) in [6.07, 6.45) is -4.45. The third kappa shape index (κ3) is 3.46. The number of hydrogen-bond acceptors (Lipinski definition) is 1. The molecule has 1 rings (SSSR count). The average Bonchev–Trinajstić information content (AvgIpc) is 1.99. The van der Waals surface area contributed by atoms with Crippen LogP contribution < -0.4 is 4.74 Å². The minimum atomic E-state index is -4.32. The Labute approximate surface area is 86.9 Å². The van der Waals surface area contributed by atoms with E-state index in [1.165, 1.54) is 0 Å². The molecule has 0 unspecified atom stereocenters. The van der Waals surface area contributed by atoms with Gasteiger partial charge in [0.1, 0.15) is 5.75 Å². The van der Waals surface area contributed by atoms with Gasteiger partial charge in [-0.05, 0) is 44.5 Å². The molecule has 1 nitrogen and oxygen atoms in total. The molecule has 0 aliphatic carbocycles. The van der Waals surface area contributed by atoms with Crippen LogP contribution in [0.2, 0.25) is 0 Å². The zero-order valence-electron chi connectivity index (χ0n) is 8.85. The van der Waals surface area contributed by atoms with Crippen molar-refractivity contribution in [2.45, 2.75) is 33.1 Å². The van der Waals surface area contributed by atoms with Crippen molar-refractivity contribution >= 4 is 0 Å². The highest BCUT2D eigenvalue weighted by Gasteiger charge is 2.31. The molecule has 0 heterocycles. The Morgan fingerprint density at radius 2 is 1.73 bits per heavy atom. The first-order valence-corrected chi connectivity index (χ1v) is 4.64. The lowest BCUT2D eigenvalue weighted by Gasteiger charge is -2.13. The summed E-state index contributed by atoms with van der Waals surface area (Å²) in [5.74, 6) is 0.261. The van der Waals surface area contributed by atoms with Crippen molar-refractivity contribution in [3.05, 3.63) is 29.3 Å². The number of halogens is 3. The van der Waals surface area contributed by atoms with Crippen molar-refractivity contribution in [3.8, 4) is 5.75 Å². The largest absolute Gasteiger partial charge is 0.491 e. The maximum Gasteiger partial charge on any atom is 0.416 e. The Bertz CT molecular complexity index is 342. The van der Waals surface area contributed by atoms with Crippen LogP contribution in [0, 0.1) is 6.92 Å². The zero-order valence-corrected chi connectivity index (χ0v) is 8.85. The van der Waals surface area contributed by atoms with Crippen LogP contribution in [-0.2, 0) is 6.18 Å². The number of aryl methyl sites for hydroxylation is 1. The predicted octanol–water partition coefficient (Wildman–Crippen LogP) is 3.80. The average molecular weight is 218 g/mol. The molecule has 0 atom stereocenters. The second-order valence-corrected chi connectivity index (χ2v) is 3.70. The molecule has 0 amide bonds. The molecule has 0 aromatic heterocycles. The fourth-order valence-electron chi connectivity index (χ4n) is 1.25. The summed E-state index contributed by atoms with van der Waals surface area (Å²) >= 11 is 0. The SMILES string of the molecule is Cc1cc(OC(C)C)cc(C(F)(F)F)c1. The molecule has 0 radical (unpaired) electrons.